The second kappa shape index (κ2) is 5.50. The van der Waals surface area contributed by atoms with Gasteiger partial charge in [0.2, 0.25) is 0 Å². The molecule has 0 aromatic heterocycles. The van der Waals surface area contributed by atoms with Crippen molar-refractivity contribution >= 4 is 11.8 Å². The van der Waals surface area contributed by atoms with Crippen LogP contribution in [-0.4, -0.2) is 48.1 Å². The van der Waals surface area contributed by atoms with Crippen LogP contribution < -0.4 is 5.32 Å². The predicted molar refractivity (Wildman–Crippen MR) is 75.6 cm³/mol. The summed E-state index contributed by atoms with van der Waals surface area (Å²) in [4.78, 5) is 2.66. The first kappa shape index (κ1) is 12.3. The highest BCUT2D eigenvalue weighted by Crippen LogP contribution is 2.31. The highest BCUT2D eigenvalue weighted by molar-refractivity contribution is 7.99. The smallest absolute Gasteiger partial charge is 0.0226 e. The first-order valence-corrected chi connectivity index (χ1v) is 8.65. The van der Waals surface area contributed by atoms with E-state index in [1.807, 2.05) is 0 Å². The molecule has 3 atom stereocenters. The maximum atomic E-state index is 4.00. The van der Waals surface area contributed by atoms with Gasteiger partial charge in [-0.25, -0.2) is 0 Å². The van der Waals surface area contributed by atoms with E-state index in [1.165, 1.54) is 58.2 Å². The Kier molecular flexibility index (Phi) is 3.98. The average Bonchev–Trinajstić information content (AvgIpc) is 2.40. The van der Waals surface area contributed by atoms with Gasteiger partial charge in [0.1, 0.15) is 0 Å². The van der Waals surface area contributed by atoms with Gasteiger partial charge in [-0.2, -0.15) is 11.8 Å². The number of hydrogen-bond donors (Lipinski definition) is 1. The third kappa shape index (κ3) is 2.82. The van der Waals surface area contributed by atoms with Crippen LogP contribution >= 0.6 is 11.8 Å². The maximum absolute atomic E-state index is 4.00. The molecule has 1 saturated carbocycles. The molecule has 0 aromatic rings. The summed E-state index contributed by atoms with van der Waals surface area (Å²) < 4.78 is 0. The van der Waals surface area contributed by atoms with Crippen LogP contribution in [0.2, 0.25) is 0 Å². The quantitative estimate of drug-likeness (QED) is 0.832. The fourth-order valence-corrected chi connectivity index (χ4v) is 4.79. The lowest BCUT2D eigenvalue weighted by Gasteiger charge is -2.47. The second-order valence-electron chi connectivity index (χ2n) is 6.13. The van der Waals surface area contributed by atoms with Gasteiger partial charge < -0.3 is 10.2 Å². The van der Waals surface area contributed by atoms with E-state index in [0.717, 1.165) is 23.3 Å². The molecule has 17 heavy (non-hydrogen) atoms. The van der Waals surface area contributed by atoms with Crippen LogP contribution in [0.15, 0.2) is 0 Å². The van der Waals surface area contributed by atoms with Crippen LogP contribution in [0.3, 0.4) is 0 Å². The van der Waals surface area contributed by atoms with Crippen molar-refractivity contribution < 1.29 is 0 Å². The van der Waals surface area contributed by atoms with Crippen molar-refractivity contribution in [3.05, 3.63) is 0 Å². The molecule has 2 nitrogen and oxygen atoms in total. The number of rotatable bonds is 3. The van der Waals surface area contributed by atoms with Crippen molar-refractivity contribution in [2.75, 3.05) is 25.9 Å². The topological polar surface area (TPSA) is 15.3 Å². The van der Waals surface area contributed by atoms with Gasteiger partial charge in [-0.1, -0.05) is 6.42 Å². The van der Waals surface area contributed by atoms with Gasteiger partial charge in [-0.3, -0.25) is 0 Å². The average molecular weight is 254 g/mol. The summed E-state index contributed by atoms with van der Waals surface area (Å²) in [6, 6.07) is 1.62. The van der Waals surface area contributed by atoms with E-state index in [2.05, 4.69) is 28.2 Å². The molecule has 4 rings (SSSR count). The Morgan fingerprint density at radius 3 is 2.59 bits per heavy atom. The minimum atomic E-state index is 0.808. The van der Waals surface area contributed by atoms with Crippen LogP contribution in [0.4, 0.5) is 0 Å². The fraction of sp³-hybridized carbons (Fsp3) is 1.00. The van der Waals surface area contributed by atoms with E-state index in [1.54, 1.807) is 0 Å². The van der Waals surface area contributed by atoms with Crippen molar-refractivity contribution in [3.8, 4) is 0 Å². The molecule has 0 aromatic carbocycles. The number of nitrogens with zero attached hydrogens (tertiary/aromatic N) is 1. The summed E-state index contributed by atoms with van der Waals surface area (Å²) >= 11 is 2.08. The molecule has 4 aliphatic rings. The SMILES string of the molecule is CSC1CCCC(NC2CN3CCC2CC3)C1. The van der Waals surface area contributed by atoms with E-state index < -0.39 is 0 Å². The predicted octanol–water partition coefficient (Wildman–Crippen LogP) is 2.34. The van der Waals surface area contributed by atoms with Crippen molar-refractivity contribution in [3.63, 3.8) is 0 Å². The Bertz CT molecular complexity index is 251. The van der Waals surface area contributed by atoms with Crippen molar-refractivity contribution in [2.24, 2.45) is 5.92 Å². The van der Waals surface area contributed by atoms with Gasteiger partial charge in [0.05, 0.1) is 0 Å². The second-order valence-corrected chi connectivity index (χ2v) is 7.27. The number of nitrogens with one attached hydrogen (secondary N) is 1. The summed E-state index contributed by atoms with van der Waals surface area (Å²) in [6.07, 6.45) is 10.9. The van der Waals surface area contributed by atoms with Crippen LogP contribution in [0, 0.1) is 5.92 Å². The lowest BCUT2D eigenvalue weighted by Crippen LogP contribution is -2.58. The molecule has 0 radical (unpaired) electrons. The Labute approximate surface area is 110 Å². The van der Waals surface area contributed by atoms with Crippen molar-refractivity contribution in [1.82, 2.24) is 10.2 Å². The van der Waals surface area contributed by atoms with E-state index in [0.29, 0.717) is 0 Å². The Hall–Kier alpha value is 0.270. The first-order chi connectivity index (χ1) is 8.35. The standard InChI is InChI=1S/C14H26N2S/c1-17-13-4-2-3-12(9-13)15-14-10-16-7-5-11(14)6-8-16/h11-15H,2-10H2,1H3. The highest BCUT2D eigenvalue weighted by atomic mass is 32.2. The van der Waals surface area contributed by atoms with Gasteiger partial charge in [0, 0.05) is 23.9 Å². The molecule has 3 aliphatic heterocycles. The van der Waals surface area contributed by atoms with E-state index in [9.17, 15) is 0 Å². The number of fused-ring (bicyclic) bond motifs is 3. The van der Waals surface area contributed by atoms with E-state index in [-0.39, 0.29) is 0 Å². The molecule has 1 aliphatic carbocycles. The number of piperidine rings is 3. The molecule has 3 saturated heterocycles. The molecule has 4 fully saturated rings. The van der Waals surface area contributed by atoms with Gasteiger partial charge in [0.25, 0.3) is 0 Å². The van der Waals surface area contributed by atoms with Crippen LogP contribution in [0.1, 0.15) is 38.5 Å². The Morgan fingerprint density at radius 1 is 1.12 bits per heavy atom. The molecule has 3 heterocycles. The zero-order valence-electron chi connectivity index (χ0n) is 11.0. The van der Waals surface area contributed by atoms with E-state index >= 15 is 0 Å². The molecule has 0 spiro atoms. The van der Waals surface area contributed by atoms with Crippen LogP contribution in [-0.2, 0) is 0 Å². The van der Waals surface area contributed by atoms with Gasteiger partial charge in [0.15, 0.2) is 0 Å². The van der Waals surface area contributed by atoms with Crippen LogP contribution in [0.5, 0.6) is 0 Å². The molecule has 0 amide bonds. The monoisotopic (exact) mass is 254 g/mol. The molecule has 2 bridgehead atoms. The maximum Gasteiger partial charge on any atom is 0.0226 e. The summed E-state index contributed by atoms with van der Waals surface area (Å²) in [5.74, 6) is 0.981. The first-order valence-electron chi connectivity index (χ1n) is 7.36. The molecule has 3 heteroatoms. The number of hydrogen-bond acceptors (Lipinski definition) is 3. The normalized spacial score (nSPS) is 46.1. The third-order valence-corrected chi connectivity index (χ3v) is 6.16. The Morgan fingerprint density at radius 2 is 1.94 bits per heavy atom. The fourth-order valence-electron chi connectivity index (χ4n) is 3.97. The van der Waals surface area contributed by atoms with Crippen molar-refractivity contribution in [1.29, 1.82) is 0 Å². The third-order valence-electron chi connectivity index (χ3n) is 5.07. The summed E-state index contributed by atoms with van der Waals surface area (Å²) in [5.41, 5.74) is 0. The summed E-state index contributed by atoms with van der Waals surface area (Å²) in [7, 11) is 0. The number of thioether (sulfide) groups is 1. The zero-order chi connectivity index (χ0) is 11.7. The molecule has 3 unspecified atom stereocenters. The lowest BCUT2D eigenvalue weighted by molar-refractivity contribution is 0.0644. The summed E-state index contributed by atoms with van der Waals surface area (Å²) in [6.45, 7) is 4.05. The van der Waals surface area contributed by atoms with Gasteiger partial charge in [-0.05, 0) is 57.4 Å². The molecular formula is C14H26N2S. The van der Waals surface area contributed by atoms with Gasteiger partial charge >= 0.3 is 0 Å². The molecule has 98 valence electrons. The minimum absolute atomic E-state index is 0.808. The Balaban J connectivity index is 1.52. The van der Waals surface area contributed by atoms with Gasteiger partial charge in [-0.15, -0.1) is 0 Å². The van der Waals surface area contributed by atoms with Crippen molar-refractivity contribution in [2.45, 2.75) is 55.9 Å². The molecule has 1 N–H and O–H groups in total. The molecular weight excluding hydrogens is 228 g/mol. The largest absolute Gasteiger partial charge is 0.310 e. The summed E-state index contributed by atoms with van der Waals surface area (Å²) in [5, 5.41) is 4.92. The highest BCUT2D eigenvalue weighted by Gasteiger charge is 2.35. The van der Waals surface area contributed by atoms with Crippen LogP contribution in [0.25, 0.3) is 0 Å². The van der Waals surface area contributed by atoms with E-state index in [4.69, 9.17) is 0 Å². The minimum Gasteiger partial charge on any atom is -0.310 e. The zero-order valence-corrected chi connectivity index (χ0v) is 11.8. The lowest BCUT2D eigenvalue weighted by atomic mass is 9.82.